The summed E-state index contributed by atoms with van der Waals surface area (Å²) in [5.41, 5.74) is 9.34. The van der Waals surface area contributed by atoms with E-state index in [-0.39, 0.29) is 11.8 Å². The first-order chi connectivity index (χ1) is 16.0. The lowest BCUT2D eigenvalue weighted by Gasteiger charge is -2.26. The molecule has 6 nitrogen and oxygen atoms in total. The lowest BCUT2D eigenvalue weighted by molar-refractivity contribution is -0.140. The molecule has 0 heterocycles. The Morgan fingerprint density at radius 3 is 2.30 bits per heavy atom. The van der Waals surface area contributed by atoms with Crippen LogP contribution in [-0.4, -0.2) is 17.0 Å². The fraction of sp³-hybridized carbons (Fsp3) is 0.259. The van der Waals surface area contributed by atoms with E-state index in [4.69, 9.17) is 0 Å². The number of hydrazine groups is 1. The zero-order chi connectivity index (χ0) is 23.6. The van der Waals surface area contributed by atoms with Crippen LogP contribution < -0.4 is 16.3 Å². The lowest BCUT2D eigenvalue weighted by Crippen LogP contribution is -2.43. The zero-order valence-corrected chi connectivity index (χ0v) is 19.0. The molecule has 0 saturated carbocycles. The molecule has 4 N–H and O–H groups in total. The summed E-state index contributed by atoms with van der Waals surface area (Å²) in [4.78, 5) is 25.8. The van der Waals surface area contributed by atoms with E-state index in [1.54, 1.807) is 5.48 Å². The number of rotatable bonds is 10. The number of fused-ring (bicyclic) bond motifs is 1. The Labute approximate surface area is 194 Å². The average Bonchev–Trinajstić information content (AvgIpc) is 2.84. The van der Waals surface area contributed by atoms with Gasteiger partial charge in [-0.1, -0.05) is 92.7 Å². The molecule has 0 aliphatic rings. The van der Waals surface area contributed by atoms with Crippen molar-refractivity contribution in [1.82, 2.24) is 10.9 Å². The summed E-state index contributed by atoms with van der Waals surface area (Å²) in [6.45, 7) is 4.01. The van der Waals surface area contributed by atoms with Gasteiger partial charge in [-0.2, -0.15) is 0 Å². The Kier molecular flexibility index (Phi) is 8.61. The minimum absolute atomic E-state index is 0.186. The highest BCUT2D eigenvalue weighted by atomic mass is 16.5. The third-order valence-corrected chi connectivity index (χ3v) is 5.60. The maximum absolute atomic E-state index is 13.2. The van der Waals surface area contributed by atoms with Crippen molar-refractivity contribution in [1.29, 1.82) is 0 Å². The number of carbonyl (C=O) groups is 2. The second kappa shape index (κ2) is 11.8. The van der Waals surface area contributed by atoms with Gasteiger partial charge in [-0.05, 0) is 35.8 Å². The molecular weight excluding hydrogens is 414 g/mol. The fourth-order valence-corrected chi connectivity index (χ4v) is 3.97. The van der Waals surface area contributed by atoms with Gasteiger partial charge in [0.2, 0.25) is 11.8 Å². The van der Waals surface area contributed by atoms with Gasteiger partial charge >= 0.3 is 0 Å². The van der Waals surface area contributed by atoms with Crippen LogP contribution in [0.2, 0.25) is 0 Å². The molecule has 3 rings (SSSR count). The van der Waals surface area contributed by atoms with Crippen LogP contribution >= 0.6 is 0 Å². The van der Waals surface area contributed by atoms with Crippen molar-refractivity contribution in [2.75, 3.05) is 5.43 Å². The zero-order valence-electron chi connectivity index (χ0n) is 19.0. The first kappa shape index (κ1) is 24.0. The van der Waals surface area contributed by atoms with Crippen molar-refractivity contribution in [2.24, 2.45) is 17.8 Å². The molecule has 0 aliphatic carbocycles. The molecule has 2 amide bonds. The molecule has 2 atom stereocenters. The monoisotopic (exact) mass is 445 g/mol. The first-order valence-corrected chi connectivity index (χ1v) is 11.2. The molecule has 0 aliphatic heterocycles. The molecule has 6 heteroatoms. The topological polar surface area (TPSA) is 90.5 Å². The summed E-state index contributed by atoms with van der Waals surface area (Å²) in [5.74, 6) is -2.02. The van der Waals surface area contributed by atoms with Gasteiger partial charge in [0.15, 0.2) is 0 Å². The highest BCUT2D eigenvalue weighted by Gasteiger charge is 2.33. The number of anilines is 1. The van der Waals surface area contributed by atoms with Gasteiger partial charge in [-0.3, -0.25) is 25.6 Å². The van der Waals surface area contributed by atoms with Crippen LogP contribution in [-0.2, 0) is 9.59 Å². The minimum Gasteiger partial charge on any atom is -0.298 e. The molecule has 0 spiro atoms. The lowest BCUT2D eigenvalue weighted by atomic mass is 9.82. The van der Waals surface area contributed by atoms with E-state index in [2.05, 4.69) is 10.9 Å². The van der Waals surface area contributed by atoms with E-state index in [1.807, 2.05) is 98.8 Å². The number of hydrogen-bond acceptors (Lipinski definition) is 4. The quantitative estimate of drug-likeness (QED) is 0.256. The summed E-state index contributed by atoms with van der Waals surface area (Å²) in [6.07, 6.45) is 4.60. The maximum atomic E-state index is 13.2. The molecule has 172 valence electrons. The average molecular weight is 446 g/mol. The van der Waals surface area contributed by atoms with Crippen molar-refractivity contribution in [3.63, 3.8) is 0 Å². The predicted octanol–water partition coefficient (Wildman–Crippen LogP) is 5.17. The Hall–Kier alpha value is -3.64. The molecule has 0 fully saturated rings. The molecule has 3 aromatic carbocycles. The molecule has 0 radical (unpaired) electrons. The standard InChI is InChI=1S/C27H31N3O3/c1-19(2)18-24(23(27(32)30-33)16-8-12-20-10-4-3-5-11-20)26(31)29-28-25-17-9-14-21-13-6-7-15-22(21)25/h3-15,17,19,23-24,28,33H,16,18H2,1-2H3,(H,29,31)(H,30,32)/t23-,24+/m0/s1. The first-order valence-electron chi connectivity index (χ1n) is 11.2. The van der Waals surface area contributed by atoms with Gasteiger partial charge in [0.1, 0.15) is 0 Å². The number of amides is 2. The summed E-state index contributed by atoms with van der Waals surface area (Å²) in [5, 5.41) is 11.4. The number of carbonyl (C=O) groups excluding carboxylic acids is 2. The third kappa shape index (κ3) is 6.67. The van der Waals surface area contributed by atoms with Crippen LogP contribution in [0.15, 0.2) is 78.9 Å². The van der Waals surface area contributed by atoms with Crippen molar-refractivity contribution in [3.05, 3.63) is 84.4 Å². The number of nitrogens with one attached hydrogen (secondary N) is 3. The van der Waals surface area contributed by atoms with Crippen LogP contribution in [0.25, 0.3) is 16.8 Å². The fourth-order valence-electron chi connectivity index (χ4n) is 3.97. The largest absolute Gasteiger partial charge is 0.298 e. The Morgan fingerprint density at radius 2 is 1.58 bits per heavy atom. The number of hydroxylamine groups is 1. The Balaban J connectivity index is 1.77. The SMILES string of the molecule is CC(C)C[C@@H](C(=O)NNc1cccc2ccccc12)[C@H](CC=Cc1ccccc1)C(=O)NO. The van der Waals surface area contributed by atoms with E-state index >= 15 is 0 Å². The summed E-state index contributed by atoms with van der Waals surface area (Å²) >= 11 is 0. The molecule has 0 unspecified atom stereocenters. The van der Waals surface area contributed by atoms with Crippen LogP contribution in [0.5, 0.6) is 0 Å². The molecule has 0 saturated heterocycles. The van der Waals surface area contributed by atoms with Gasteiger partial charge < -0.3 is 0 Å². The van der Waals surface area contributed by atoms with Crippen LogP contribution in [0.4, 0.5) is 5.69 Å². The highest BCUT2D eigenvalue weighted by Crippen LogP contribution is 2.26. The summed E-state index contributed by atoms with van der Waals surface area (Å²) < 4.78 is 0. The van der Waals surface area contributed by atoms with Gasteiger partial charge in [0.05, 0.1) is 17.5 Å². The number of benzene rings is 3. The van der Waals surface area contributed by atoms with Gasteiger partial charge in [0, 0.05) is 5.39 Å². The van der Waals surface area contributed by atoms with E-state index in [0.29, 0.717) is 12.8 Å². The van der Waals surface area contributed by atoms with Gasteiger partial charge in [-0.25, -0.2) is 5.48 Å². The second-order valence-corrected chi connectivity index (χ2v) is 8.51. The van der Waals surface area contributed by atoms with Crippen LogP contribution in [0.1, 0.15) is 32.3 Å². The van der Waals surface area contributed by atoms with Crippen LogP contribution in [0, 0.1) is 17.8 Å². The van der Waals surface area contributed by atoms with Gasteiger partial charge in [0.25, 0.3) is 0 Å². The van der Waals surface area contributed by atoms with E-state index in [1.165, 1.54) is 0 Å². The van der Waals surface area contributed by atoms with E-state index < -0.39 is 17.7 Å². The summed E-state index contributed by atoms with van der Waals surface area (Å²) in [6, 6.07) is 23.4. The van der Waals surface area contributed by atoms with Crippen molar-refractivity contribution < 1.29 is 14.8 Å². The normalized spacial score (nSPS) is 13.1. The Bertz CT molecular complexity index is 1090. The smallest absolute Gasteiger partial charge is 0.247 e. The van der Waals surface area contributed by atoms with Crippen LogP contribution in [0.3, 0.4) is 0 Å². The van der Waals surface area contributed by atoms with E-state index in [0.717, 1.165) is 22.0 Å². The Morgan fingerprint density at radius 1 is 0.879 bits per heavy atom. The summed E-state index contributed by atoms with van der Waals surface area (Å²) in [7, 11) is 0. The van der Waals surface area contributed by atoms with E-state index in [9.17, 15) is 14.8 Å². The molecule has 3 aromatic rings. The van der Waals surface area contributed by atoms with Crippen molar-refractivity contribution in [2.45, 2.75) is 26.7 Å². The number of allylic oxidation sites excluding steroid dienone is 1. The molecule has 0 bridgehead atoms. The minimum atomic E-state index is -0.716. The highest BCUT2D eigenvalue weighted by molar-refractivity contribution is 5.95. The maximum Gasteiger partial charge on any atom is 0.247 e. The molecule has 0 aromatic heterocycles. The third-order valence-electron chi connectivity index (χ3n) is 5.60. The van der Waals surface area contributed by atoms with Crippen molar-refractivity contribution in [3.8, 4) is 0 Å². The molecular formula is C27H31N3O3. The van der Waals surface area contributed by atoms with Crippen molar-refractivity contribution >= 4 is 34.4 Å². The second-order valence-electron chi connectivity index (χ2n) is 8.51. The predicted molar refractivity (Wildman–Crippen MR) is 132 cm³/mol. The molecule has 33 heavy (non-hydrogen) atoms. The number of hydrogen-bond donors (Lipinski definition) is 4. The van der Waals surface area contributed by atoms with Gasteiger partial charge in [-0.15, -0.1) is 0 Å².